The maximum absolute atomic E-state index is 5.87. The van der Waals surface area contributed by atoms with Gasteiger partial charge in [0.15, 0.2) is 0 Å². The highest BCUT2D eigenvalue weighted by Gasteiger charge is 2.24. The third kappa shape index (κ3) is 3.16. The van der Waals surface area contributed by atoms with E-state index in [9.17, 15) is 0 Å². The number of aromatic nitrogens is 4. The highest BCUT2D eigenvalue weighted by Crippen LogP contribution is 2.29. The zero-order valence-corrected chi connectivity index (χ0v) is 13.8. The van der Waals surface area contributed by atoms with Crippen molar-refractivity contribution in [3.63, 3.8) is 0 Å². The van der Waals surface area contributed by atoms with Gasteiger partial charge in [0.1, 0.15) is 12.4 Å². The molecule has 0 bridgehead atoms. The molecule has 1 unspecified atom stereocenters. The van der Waals surface area contributed by atoms with Crippen molar-refractivity contribution >= 4 is 11.6 Å². The number of hydrogen-bond acceptors (Lipinski definition) is 4. The lowest BCUT2D eigenvalue weighted by Crippen LogP contribution is -2.28. The Balaban J connectivity index is 1.44. The average Bonchev–Trinajstić information content (AvgIpc) is 3.23. The number of nitrogens with zero attached hydrogens (tertiary/aromatic N) is 3. The van der Waals surface area contributed by atoms with Crippen LogP contribution in [0.4, 0.5) is 0 Å². The van der Waals surface area contributed by atoms with Crippen molar-refractivity contribution < 1.29 is 4.74 Å². The van der Waals surface area contributed by atoms with Gasteiger partial charge in [-0.15, -0.1) is 0 Å². The van der Waals surface area contributed by atoms with E-state index in [1.54, 1.807) is 23.4 Å². The molecule has 0 saturated heterocycles. The molecule has 0 spiro atoms. The molecule has 7 heteroatoms. The Kier molecular flexibility index (Phi) is 4.23. The van der Waals surface area contributed by atoms with Crippen molar-refractivity contribution in [2.45, 2.75) is 19.0 Å². The fraction of sp³-hybridized carbons (Fsp3) is 0.294. The Bertz CT molecular complexity index is 828. The monoisotopic (exact) mass is 343 g/mol. The minimum absolute atomic E-state index is 0.244. The van der Waals surface area contributed by atoms with Gasteiger partial charge in [-0.1, -0.05) is 23.7 Å². The molecule has 1 atom stereocenters. The Morgan fingerprint density at radius 3 is 3.21 bits per heavy atom. The lowest BCUT2D eigenvalue weighted by Gasteiger charge is -2.23. The van der Waals surface area contributed by atoms with E-state index in [1.807, 2.05) is 12.1 Å². The zero-order chi connectivity index (χ0) is 16.4. The first-order chi connectivity index (χ1) is 11.8. The van der Waals surface area contributed by atoms with Crippen LogP contribution in [0.25, 0.3) is 0 Å². The van der Waals surface area contributed by atoms with E-state index in [2.05, 4.69) is 32.5 Å². The number of halogens is 1. The van der Waals surface area contributed by atoms with E-state index in [1.165, 1.54) is 5.56 Å². The van der Waals surface area contributed by atoms with Crippen LogP contribution in [-0.4, -0.2) is 32.9 Å². The summed E-state index contributed by atoms with van der Waals surface area (Å²) in [5.74, 6) is 1.10. The van der Waals surface area contributed by atoms with E-state index >= 15 is 0 Å². The fourth-order valence-electron chi connectivity index (χ4n) is 3.03. The largest absolute Gasteiger partial charge is 0.492 e. The Labute approximate surface area is 144 Å². The van der Waals surface area contributed by atoms with Crippen LogP contribution in [0.15, 0.2) is 43.0 Å². The van der Waals surface area contributed by atoms with E-state index in [0.717, 1.165) is 30.2 Å². The molecule has 3 aromatic rings. The molecule has 0 amide bonds. The molecule has 4 rings (SSSR count). The lowest BCUT2D eigenvalue weighted by molar-refractivity contribution is 0.291. The van der Waals surface area contributed by atoms with Crippen molar-refractivity contribution in [1.29, 1.82) is 0 Å². The number of H-pyrrole nitrogens is 1. The third-order valence-corrected chi connectivity index (χ3v) is 4.38. The van der Waals surface area contributed by atoms with Gasteiger partial charge >= 0.3 is 0 Å². The first kappa shape index (κ1) is 15.2. The van der Waals surface area contributed by atoms with E-state index in [0.29, 0.717) is 18.2 Å². The van der Waals surface area contributed by atoms with Crippen molar-refractivity contribution in [3.8, 4) is 5.75 Å². The summed E-state index contributed by atoms with van der Waals surface area (Å²) in [7, 11) is 0. The summed E-state index contributed by atoms with van der Waals surface area (Å²) < 4.78 is 7.64. The number of benzene rings is 1. The molecule has 2 aromatic heterocycles. The number of hydrogen-bond donors (Lipinski definition) is 2. The van der Waals surface area contributed by atoms with Crippen molar-refractivity contribution in [2.24, 2.45) is 0 Å². The normalized spacial score (nSPS) is 16.8. The topological polar surface area (TPSA) is 67.8 Å². The van der Waals surface area contributed by atoms with E-state index in [-0.39, 0.29) is 5.92 Å². The number of rotatable bonds is 5. The van der Waals surface area contributed by atoms with Gasteiger partial charge < -0.3 is 15.0 Å². The van der Waals surface area contributed by atoms with Gasteiger partial charge in [0.05, 0.1) is 35.5 Å². The molecule has 0 aliphatic carbocycles. The van der Waals surface area contributed by atoms with Crippen molar-refractivity contribution in [1.82, 2.24) is 25.1 Å². The molecule has 0 saturated carbocycles. The summed E-state index contributed by atoms with van der Waals surface area (Å²) in [5.41, 5.74) is 3.49. The van der Waals surface area contributed by atoms with Crippen LogP contribution in [-0.2, 0) is 13.1 Å². The molecule has 3 heterocycles. The number of aromatic amines is 1. The second-order valence-electron chi connectivity index (χ2n) is 5.79. The standard InChI is InChI=1S/C17H18ClN5O/c18-13-7-22-23(10-13)4-5-24-14-3-1-2-12(6-14)15-8-19-9-16-17(15)21-11-20-16/h1-3,6-7,10-11,15,19H,4-5,8-9H2,(H,20,21). The molecule has 1 aliphatic rings. The maximum atomic E-state index is 5.87. The van der Waals surface area contributed by atoms with Gasteiger partial charge in [-0.3, -0.25) is 4.68 Å². The van der Waals surface area contributed by atoms with E-state index < -0.39 is 0 Å². The molecule has 1 aliphatic heterocycles. The minimum atomic E-state index is 0.244. The van der Waals surface area contributed by atoms with E-state index in [4.69, 9.17) is 16.3 Å². The Morgan fingerprint density at radius 2 is 2.33 bits per heavy atom. The number of nitrogens with one attached hydrogen (secondary N) is 2. The summed E-state index contributed by atoms with van der Waals surface area (Å²) >= 11 is 5.86. The zero-order valence-electron chi connectivity index (χ0n) is 13.1. The summed E-state index contributed by atoms with van der Waals surface area (Å²) in [6.07, 6.45) is 5.17. The van der Waals surface area contributed by atoms with Crippen molar-refractivity contribution in [3.05, 3.63) is 65.0 Å². The molecule has 0 fully saturated rings. The molecule has 2 N–H and O–H groups in total. The summed E-state index contributed by atoms with van der Waals surface area (Å²) in [6.45, 7) is 2.92. The SMILES string of the molecule is Clc1cnn(CCOc2cccc(C3CNCc4[nH]cnc43)c2)c1. The van der Waals surface area contributed by atoms with Gasteiger partial charge in [-0.05, 0) is 17.7 Å². The molecule has 1 aromatic carbocycles. The summed E-state index contributed by atoms with van der Waals surface area (Å²) in [6, 6.07) is 8.21. The third-order valence-electron chi connectivity index (χ3n) is 4.18. The van der Waals surface area contributed by atoms with Crippen LogP contribution in [0.5, 0.6) is 5.75 Å². The first-order valence-corrected chi connectivity index (χ1v) is 8.31. The second kappa shape index (κ2) is 6.67. The quantitative estimate of drug-likeness (QED) is 0.747. The predicted octanol–water partition coefficient (Wildman–Crippen LogP) is 2.57. The van der Waals surface area contributed by atoms with Crippen molar-refractivity contribution in [2.75, 3.05) is 13.2 Å². The minimum Gasteiger partial charge on any atom is -0.492 e. The maximum Gasteiger partial charge on any atom is 0.119 e. The van der Waals surface area contributed by atoms with Crippen LogP contribution in [0, 0.1) is 0 Å². The molecular weight excluding hydrogens is 326 g/mol. The molecule has 0 radical (unpaired) electrons. The lowest BCUT2D eigenvalue weighted by atomic mass is 9.92. The van der Waals surface area contributed by atoms with Gasteiger partial charge in [0, 0.05) is 25.2 Å². The fourth-order valence-corrected chi connectivity index (χ4v) is 3.18. The highest BCUT2D eigenvalue weighted by molar-refractivity contribution is 6.30. The molecule has 6 nitrogen and oxygen atoms in total. The van der Waals surface area contributed by atoms with Gasteiger partial charge in [-0.2, -0.15) is 5.10 Å². The average molecular weight is 344 g/mol. The van der Waals surface area contributed by atoms with Crippen LogP contribution >= 0.6 is 11.6 Å². The molecule has 24 heavy (non-hydrogen) atoms. The number of ether oxygens (including phenoxy) is 1. The Morgan fingerprint density at radius 1 is 1.38 bits per heavy atom. The molecular formula is C17H18ClN5O. The first-order valence-electron chi connectivity index (χ1n) is 7.93. The van der Waals surface area contributed by atoms with Crippen LogP contribution in [0.2, 0.25) is 5.02 Å². The van der Waals surface area contributed by atoms with Crippen LogP contribution < -0.4 is 10.1 Å². The van der Waals surface area contributed by atoms with Gasteiger partial charge in [0.2, 0.25) is 0 Å². The van der Waals surface area contributed by atoms with Gasteiger partial charge in [0.25, 0.3) is 0 Å². The summed E-state index contributed by atoms with van der Waals surface area (Å²) in [5, 5.41) is 8.20. The van der Waals surface area contributed by atoms with Crippen LogP contribution in [0.3, 0.4) is 0 Å². The summed E-state index contributed by atoms with van der Waals surface area (Å²) in [4.78, 5) is 7.69. The highest BCUT2D eigenvalue weighted by atomic mass is 35.5. The second-order valence-corrected chi connectivity index (χ2v) is 6.23. The van der Waals surface area contributed by atoms with Gasteiger partial charge in [-0.25, -0.2) is 4.98 Å². The Hall–Kier alpha value is -2.31. The van der Waals surface area contributed by atoms with Crippen LogP contribution in [0.1, 0.15) is 22.9 Å². The predicted molar refractivity (Wildman–Crippen MR) is 91.3 cm³/mol. The number of fused-ring (bicyclic) bond motifs is 1. The number of imidazole rings is 1. The smallest absolute Gasteiger partial charge is 0.119 e. The molecule has 124 valence electrons.